The van der Waals surface area contributed by atoms with Gasteiger partial charge in [0.25, 0.3) is 11.8 Å². The number of carbonyl (C=O) groups excluding carboxylic acids is 3. The molecule has 0 unspecified atom stereocenters. The number of ether oxygens (including phenoxy) is 1. The van der Waals surface area contributed by atoms with Gasteiger partial charge in [-0.2, -0.15) is 0 Å². The van der Waals surface area contributed by atoms with Gasteiger partial charge in [0, 0.05) is 33.4 Å². The lowest BCUT2D eigenvalue weighted by atomic mass is 10.0. The van der Waals surface area contributed by atoms with Gasteiger partial charge in [0.15, 0.2) is 10.8 Å². The van der Waals surface area contributed by atoms with E-state index in [-0.39, 0.29) is 22.2 Å². The molecule has 13 nitrogen and oxygen atoms in total. The number of hydrogen-bond acceptors (Lipinski definition) is 13. The van der Waals surface area contributed by atoms with Crippen LogP contribution in [0.3, 0.4) is 0 Å². The number of carboxylic acids is 1. The largest absolute Gasteiger partial charge is 0.477 e. The predicted molar refractivity (Wildman–Crippen MR) is 176 cm³/mol. The van der Waals surface area contributed by atoms with Crippen molar-refractivity contribution < 1.29 is 33.9 Å². The van der Waals surface area contributed by atoms with Gasteiger partial charge in [-0.1, -0.05) is 23.4 Å². The number of carboxylic acid groups (broad SMARTS) is 1. The lowest BCUT2D eigenvalue weighted by Crippen LogP contribution is -2.71. The zero-order valence-electron chi connectivity index (χ0n) is 25.6. The monoisotopic (exact) mass is 684 g/mol. The fourth-order valence-corrected chi connectivity index (χ4v) is 7.63. The average Bonchev–Trinajstić information content (AvgIpc) is 3.42. The fourth-order valence-electron chi connectivity index (χ4n) is 4.56. The van der Waals surface area contributed by atoms with Gasteiger partial charge in [-0.05, 0) is 52.3 Å². The number of thiazole rings is 1. The summed E-state index contributed by atoms with van der Waals surface area (Å²) >= 11 is 3.86. The molecule has 2 atom stereocenters. The number of pyridine rings is 1. The van der Waals surface area contributed by atoms with Crippen LogP contribution in [0, 0.1) is 0 Å². The first kappa shape index (κ1) is 33.2. The van der Waals surface area contributed by atoms with Crippen LogP contribution in [0.4, 0.5) is 5.13 Å². The molecule has 1 saturated heterocycles. The van der Waals surface area contributed by atoms with Crippen LogP contribution in [0.15, 0.2) is 63.2 Å². The number of rotatable bonds is 10. The number of thioether (sulfide) groups is 2. The second kappa shape index (κ2) is 12.9. The molecule has 2 aromatic heterocycles. The van der Waals surface area contributed by atoms with E-state index in [1.807, 2.05) is 30.3 Å². The van der Waals surface area contributed by atoms with Gasteiger partial charge in [-0.25, -0.2) is 14.6 Å². The minimum absolute atomic E-state index is 0.0771. The Balaban J connectivity index is 1.33. The second-order valence-corrected chi connectivity index (χ2v) is 14.9. The van der Waals surface area contributed by atoms with E-state index < -0.39 is 46.4 Å². The summed E-state index contributed by atoms with van der Waals surface area (Å²) in [4.78, 5) is 68.1. The van der Waals surface area contributed by atoms with Crippen LogP contribution >= 0.6 is 34.9 Å². The number of aromatic nitrogens is 2. The van der Waals surface area contributed by atoms with Crippen molar-refractivity contribution in [1.82, 2.24) is 20.2 Å². The van der Waals surface area contributed by atoms with Crippen LogP contribution in [-0.4, -0.2) is 83.6 Å². The van der Waals surface area contributed by atoms with Gasteiger partial charge in [0.1, 0.15) is 28.4 Å². The van der Waals surface area contributed by atoms with Crippen molar-refractivity contribution >= 4 is 80.4 Å². The van der Waals surface area contributed by atoms with Crippen molar-refractivity contribution in [2.24, 2.45) is 5.16 Å². The van der Waals surface area contributed by atoms with Crippen molar-refractivity contribution in [3.8, 4) is 0 Å². The molecule has 1 aromatic carbocycles. The number of carbonyl (C=O) groups is 4. The van der Waals surface area contributed by atoms with Gasteiger partial charge in [0.05, 0.1) is 5.52 Å². The number of nitrogens with zero attached hydrogens (tertiary/aromatic N) is 4. The van der Waals surface area contributed by atoms with Gasteiger partial charge >= 0.3 is 11.9 Å². The van der Waals surface area contributed by atoms with Crippen LogP contribution in [0.5, 0.6) is 0 Å². The van der Waals surface area contributed by atoms with Crippen molar-refractivity contribution in [3.63, 3.8) is 0 Å². The normalized spacial score (nSPS) is 18.6. The third kappa shape index (κ3) is 6.98. The molecule has 242 valence electrons. The number of nitrogens with one attached hydrogen (secondary N) is 1. The zero-order chi connectivity index (χ0) is 33.4. The summed E-state index contributed by atoms with van der Waals surface area (Å²) in [6.07, 6.45) is 1.70. The molecule has 4 heterocycles. The molecule has 2 aliphatic heterocycles. The molecule has 0 aliphatic carbocycles. The SMILES string of the molecule is CC(C)(C)OC(=O)C(C)(C)O/N=C(\C(=O)N[C@@H]1C(=O)N2C(C(=O)O)=C(CSc3cccc4cccnc34)CS[C@H]12)c1csc(N)n1. The van der Waals surface area contributed by atoms with Gasteiger partial charge in [-0.3, -0.25) is 19.5 Å². The quantitative estimate of drug-likeness (QED) is 0.0927. The summed E-state index contributed by atoms with van der Waals surface area (Å²) in [5.41, 5.74) is 4.50. The van der Waals surface area contributed by atoms with E-state index in [1.165, 1.54) is 47.7 Å². The highest BCUT2D eigenvalue weighted by Gasteiger charge is 2.54. The first-order valence-corrected chi connectivity index (χ1v) is 17.0. The van der Waals surface area contributed by atoms with E-state index in [0.29, 0.717) is 17.1 Å². The fraction of sp³-hybridized carbons (Fsp3) is 0.367. The van der Waals surface area contributed by atoms with Crippen LogP contribution in [0.1, 0.15) is 40.3 Å². The van der Waals surface area contributed by atoms with Crippen molar-refractivity contribution in [1.29, 1.82) is 0 Å². The maximum Gasteiger partial charge on any atom is 0.353 e. The minimum Gasteiger partial charge on any atom is -0.477 e. The Morgan fingerprint density at radius 2 is 1.93 bits per heavy atom. The Kier molecular flexibility index (Phi) is 9.33. The van der Waals surface area contributed by atoms with E-state index in [4.69, 9.17) is 15.3 Å². The molecular formula is C30H32N6O7S3. The maximum atomic E-state index is 13.5. The predicted octanol–water partition coefficient (Wildman–Crippen LogP) is 3.65. The first-order chi connectivity index (χ1) is 21.7. The molecule has 0 radical (unpaired) electrons. The minimum atomic E-state index is -1.57. The molecule has 3 aromatic rings. The number of nitrogen functional groups attached to an aromatic ring is 1. The summed E-state index contributed by atoms with van der Waals surface area (Å²) in [7, 11) is 0. The Labute approximate surface area is 277 Å². The molecule has 0 saturated carbocycles. The van der Waals surface area contributed by atoms with E-state index in [2.05, 4.69) is 20.4 Å². The number of aliphatic carboxylic acids is 1. The summed E-state index contributed by atoms with van der Waals surface area (Å²) < 4.78 is 5.39. The molecule has 46 heavy (non-hydrogen) atoms. The summed E-state index contributed by atoms with van der Waals surface area (Å²) in [6.45, 7) is 8.00. The number of esters is 1. The Bertz CT molecular complexity index is 1780. The summed E-state index contributed by atoms with van der Waals surface area (Å²) in [5, 5.41) is 18.7. The highest BCUT2D eigenvalue weighted by Crippen LogP contribution is 2.42. The molecule has 16 heteroatoms. The number of anilines is 1. The topological polar surface area (TPSA) is 186 Å². The first-order valence-electron chi connectivity index (χ1n) is 14.0. The smallest absolute Gasteiger partial charge is 0.353 e. The third-order valence-electron chi connectivity index (χ3n) is 6.77. The molecule has 1 fully saturated rings. The van der Waals surface area contributed by atoms with E-state index in [1.54, 1.807) is 27.0 Å². The third-order valence-corrected chi connectivity index (χ3v) is 9.92. The number of hydrogen-bond donors (Lipinski definition) is 3. The highest BCUT2D eigenvalue weighted by atomic mass is 32.2. The van der Waals surface area contributed by atoms with Gasteiger partial charge < -0.3 is 25.7 Å². The molecule has 0 bridgehead atoms. The number of benzene rings is 1. The van der Waals surface area contributed by atoms with E-state index >= 15 is 0 Å². The van der Waals surface area contributed by atoms with Crippen LogP contribution in [0.25, 0.3) is 10.9 Å². The lowest BCUT2D eigenvalue weighted by molar-refractivity contribution is -0.179. The van der Waals surface area contributed by atoms with Crippen LogP contribution in [0.2, 0.25) is 0 Å². The van der Waals surface area contributed by atoms with Crippen molar-refractivity contribution in [2.75, 3.05) is 17.2 Å². The van der Waals surface area contributed by atoms with Crippen molar-refractivity contribution in [3.05, 3.63) is 58.9 Å². The van der Waals surface area contributed by atoms with Gasteiger partial charge in [-0.15, -0.1) is 34.9 Å². The molecule has 0 spiro atoms. The number of β-lactam (4-membered cyclic amide) rings is 1. The number of amides is 2. The molecule has 2 amide bonds. The lowest BCUT2D eigenvalue weighted by Gasteiger charge is -2.49. The van der Waals surface area contributed by atoms with E-state index in [0.717, 1.165) is 27.1 Å². The molecule has 4 N–H and O–H groups in total. The maximum absolute atomic E-state index is 13.5. The summed E-state index contributed by atoms with van der Waals surface area (Å²) in [6, 6.07) is 8.56. The van der Waals surface area contributed by atoms with Crippen LogP contribution < -0.4 is 11.1 Å². The number of fused-ring (bicyclic) bond motifs is 2. The van der Waals surface area contributed by atoms with Crippen LogP contribution in [-0.2, 0) is 28.8 Å². The zero-order valence-corrected chi connectivity index (χ0v) is 28.0. The Morgan fingerprint density at radius 1 is 1.20 bits per heavy atom. The van der Waals surface area contributed by atoms with E-state index in [9.17, 15) is 24.3 Å². The highest BCUT2D eigenvalue weighted by molar-refractivity contribution is 8.01. The molecule has 5 rings (SSSR count). The number of para-hydroxylation sites is 1. The molecule has 2 aliphatic rings. The number of oxime groups is 1. The standard InChI is InChI=1S/C30H32N6O7S3/c1-29(2,3)42-27(41)30(4,5)43-35-20(17-14-46-28(31)33-17)23(37)34-21-24(38)36-22(26(39)40)16(13-45-25(21)36)12-44-18-10-6-8-15-9-7-11-32-19(15)18/h6-11,14,21,25H,12-13H2,1-5H3,(H2,31,33)(H,34,37)(H,39,40)/b35-20-/t21-,25-/m1/s1. The molecular weight excluding hydrogens is 653 g/mol. The Morgan fingerprint density at radius 3 is 2.61 bits per heavy atom. The van der Waals surface area contributed by atoms with Crippen molar-refractivity contribution in [2.45, 2.75) is 62.1 Å². The van der Waals surface area contributed by atoms with Gasteiger partial charge in [0.2, 0.25) is 5.60 Å². The Hall–Kier alpha value is -4.15. The average molecular weight is 685 g/mol. The second-order valence-electron chi connectivity index (χ2n) is 11.9. The number of nitrogens with two attached hydrogens (primary N) is 1. The summed E-state index contributed by atoms with van der Waals surface area (Å²) in [5.74, 6) is -2.65.